The SMILES string of the molecule is CC(=O)Nc1nc2ccc(-c3ccnc(NC(=O)OC4CCCCC4)c3)cc2s1. The molecule has 150 valence electrons. The first-order valence-electron chi connectivity index (χ1n) is 9.69. The molecule has 0 unspecified atom stereocenters. The maximum absolute atomic E-state index is 12.2. The van der Waals surface area contributed by atoms with Gasteiger partial charge in [-0.25, -0.2) is 14.8 Å². The Hall–Kier alpha value is -3.00. The van der Waals surface area contributed by atoms with Crippen molar-refractivity contribution in [1.82, 2.24) is 9.97 Å². The van der Waals surface area contributed by atoms with Gasteiger partial charge in [-0.3, -0.25) is 10.1 Å². The molecule has 1 saturated carbocycles. The van der Waals surface area contributed by atoms with E-state index in [-0.39, 0.29) is 12.0 Å². The zero-order valence-electron chi connectivity index (χ0n) is 16.1. The molecule has 4 rings (SSSR count). The average molecular weight is 410 g/mol. The van der Waals surface area contributed by atoms with Crippen LogP contribution in [0, 0.1) is 0 Å². The first kappa shape index (κ1) is 19.3. The summed E-state index contributed by atoms with van der Waals surface area (Å²) in [6.45, 7) is 1.46. The Labute approximate surface area is 172 Å². The lowest BCUT2D eigenvalue weighted by atomic mass is 9.98. The number of fused-ring (bicyclic) bond motifs is 1. The second kappa shape index (κ2) is 8.57. The zero-order chi connectivity index (χ0) is 20.2. The summed E-state index contributed by atoms with van der Waals surface area (Å²) in [5, 5.41) is 6.02. The monoisotopic (exact) mass is 410 g/mol. The van der Waals surface area contributed by atoms with E-state index in [1.807, 2.05) is 30.3 Å². The van der Waals surface area contributed by atoms with Crippen molar-refractivity contribution < 1.29 is 14.3 Å². The third-order valence-corrected chi connectivity index (χ3v) is 5.75. The Bertz CT molecular complexity index is 1040. The van der Waals surface area contributed by atoms with Gasteiger partial charge in [-0.1, -0.05) is 23.8 Å². The van der Waals surface area contributed by atoms with E-state index in [2.05, 4.69) is 20.6 Å². The number of benzene rings is 1. The van der Waals surface area contributed by atoms with E-state index in [0.29, 0.717) is 10.9 Å². The van der Waals surface area contributed by atoms with E-state index >= 15 is 0 Å². The second-order valence-electron chi connectivity index (χ2n) is 7.10. The Kier molecular flexibility index (Phi) is 5.71. The lowest BCUT2D eigenvalue weighted by Crippen LogP contribution is -2.24. The summed E-state index contributed by atoms with van der Waals surface area (Å²) in [5.74, 6) is 0.306. The minimum absolute atomic E-state index is 0.00141. The van der Waals surface area contributed by atoms with Crippen LogP contribution in [0.5, 0.6) is 0 Å². The molecule has 2 N–H and O–H groups in total. The molecule has 0 spiro atoms. The number of amides is 2. The molecule has 2 aromatic heterocycles. The molecule has 0 bridgehead atoms. The van der Waals surface area contributed by atoms with Crippen molar-refractivity contribution in [3.8, 4) is 11.1 Å². The van der Waals surface area contributed by atoms with Gasteiger partial charge in [0.15, 0.2) is 5.13 Å². The van der Waals surface area contributed by atoms with Crippen molar-refractivity contribution in [2.45, 2.75) is 45.1 Å². The number of hydrogen-bond acceptors (Lipinski definition) is 6. The van der Waals surface area contributed by atoms with Gasteiger partial charge >= 0.3 is 6.09 Å². The van der Waals surface area contributed by atoms with Crippen LogP contribution in [0.2, 0.25) is 0 Å². The van der Waals surface area contributed by atoms with Gasteiger partial charge in [-0.2, -0.15) is 0 Å². The molecular formula is C21H22N4O3S. The molecule has 7 nitrogen and oxygen atoms in total. The minimum atomic E-state index is -0.459. The third-order valence-electron chi connectivity index (χ3n) is 4.82. The largest absolute Gasteiger partial charge is 0.446 e. The second-order valence-corrected chi connectivity index (χ2v) is 8.13. The van der Waals surface area contributed by atoms with Gasteiger partial charge in [-0.05, 0) is 61.1 Å². The number of thiazole rings is 1. The van der Waals surface area contributed by atoms with Crippen molar-refractivity contribution >= 4 is 44.5 Å². The van der Waals surface area contributed by atoms with E-state index in [4.69, 9.17) is 4.74 Å². The molecule has 0 saturated heterocycles. The minimum Gasteiger partial charge on any atom is -0.446 e. The zero-order valence-corrected chi connectivity index (χ0v) is 16.9. The van der Waals surface area contributed by atoms with Crippen LogP contribution in [0.3, 0.4) is 0 Å². The van der Waals surface area contributed by atoms with Crippen LogP contribution in [-0.2, 0) is 9.53 Å². The summed E-state index contributed by atoms with van der Waals surface area (Å²) in [7, 11) is 0. The smallest absolute Gasteiger partial charge is 0.413 e. The van der Waals surface area contributed by atoms with Crippen molar-refractivity contribution in [3.63, 3.8) is 0 Å². The number of anilines is 2. The van der Waals surface area contributed by atoms with Gasteiger partial charge in [0.05, 0.1) is 10.2 Å². The number of rotatable bonds is 4. The van der Waals surface area contributed by atoms with E-state index in [0.717, 1.165) is 47.0 Å². The Balaban J connectivity index is 1.48. The number of carbonyl (C=O) groups is 2. The fourth-order valence-corrected chi connectivity index (χ4v) is 4.41. The molecule has 1 aliphatic carbocycles. The van der Waals surface area contributed by atoms with Crippen LogP contribution < -0.4 is 10.6 Å². The van der Waals surface area contributed by atoms with Gasteiger partial charge in [0.2, 0.25) is 5.91 Å². The first-order chi connectivity index (χ1) is 14.1. The normalized spacial score (nSPS) is 14.5. The highest BCUT2D eigenvalue weighted by Crippen LogP contribution is 2.31. The Morgan fingerprint density at radius 3 is 2.66 bits per heavy atom. The van der Waals surface area contributed by atoms with Crippen molar-refractivity contribution in [3.05, 3.63) is 36.5 Å². The fourth-order valence-electron chi connectivity index (χ4n) is 3.46. The molecule has 29 heavy (non-hydrogen) atoms. The van der Waals surface area contributed by atoms with Crippen molar-refractivity contribution in [2.24, 2.45) is 0 Å². The lowest BCUT2D eigenvalue weighted by Gasteiger charge is -2.21. The maximum atomic E-state index is 12.2. The molecule has 0 atom stereocenters. The lowest BCUT2D eigenvalue weighted by molar-refractivity contribution is -0.114. The summed E-state index contributed by atoms with van der Waals surface area (Å²) in [6, 6.07) is 9.59. The summed E-state index contributed by atoms with van der Waals surface area (Å²) < 4.78 is 6.47. The van der Waals surface area contributed by atoms with Crippen LogP contribution in [0.25, 0.3) is 21.3 Å². The van der Waals surface area contributed by atoms with Crippen LogP contribution in [0.4, 0.5) is 15.7 Å². The van der Waals surface area contributed by atoms with Gasteiger partial charge in [0, 0.05) is 13.1 Å². The van der Waals surface area contributed by atoms with Gasteiger partial charge in [0.25, 0.3) is 0 Å². The summed E-state index contributed by atoms with van der Waals surface area (Å²) in [5.41, 5.74) is 2.72. The Morgan fingerprint density at radius 2 is 1.86 bits per heavy atom. The van der Waals surface area contributed by atoms with Crippen LogP contribution in [0.15, 0.2) is 36.5 Å². The van der Waals surface area contributed by atoms with E-state index in [9.17, 15) is 9.59 Å². The van der Waals surface area contributed by atoms with Crippen molar-refractivity contribution in [1.29, 1.82) is 0 Å². The number of aromatic nitrogens is 2. The predicted molar refractivity (Wildman–Crippen MR) is 114 cm³/mol. The molecule has 1 aromatic carbocycles. The number of nitrogens with one attached hydrogen (secondary N) is 2. The topological polar surface area (TPSA) is 93.2 Å². The quantitative estimate of drug-likeness (QED) is 0.617. The van der Waals surface area contributed by atoms with Gasteiger partial charge < -0.3 is 10.1 Å². The fraction of sp³-hybridized carbons (Fsp3) is 0.333. The molecule has 0 aliphatic heterocycles. The van der Waals surface area contributed by atoms with Crippen LogP contribution >= 0.6 is 11.3 Å². The summed E-state index contributed by atoms with van der Waals surface area (Å²) in [6.07, 6.45) is 6.47. The maximum Gasteiger partial charge on any atom is 0.413 e. The van der Waals surface area contributed by atoms with Crippen LogP contribution in [-0.4, -0.2) is 28.1 Å². The third kappa shape index (κ3) is 4.89. The molecule has 0 radical (unpaired) electrons. The standard InChI is InChI=1S/C21H22N4O3S/c1-13(26)23-20-24-17-8-7-14(11-18(17)29-20)15-9-10-22-19(12-15)25-21(27)28-16-5-3-2-4-6-16/h7-12,16H,2-6H2,1H3,(H,22,25,27)(H,23,24,26). The number of pyridine rings is 1. The summed E-state index contributed by atoms with van der Waals surface area (Å²) >= 11 is 1.42. The number of hydrogen-bond donors (Lipinski definition) is 2. The highest BCUT2D eigenvalue weighted by atomic mass is 32.1. The molecule has 8 heteroatoms. The summed E-state index contributed by atoms with van der Waals surface area (Å²) in [4.78, 5) is 32.0. The van der Waals surface area contributed by atoms with Gasteiger partial charge in [0.1, 0.15) is 11.9 Å². The number of carbonyl (C=O) groups excluding carboxylic acids is 2. The van der Waals surface area contributed by atoms with E-state index in [1.165, 1.54) is 24.7 Å². The molecule has 1 aliphatic rings. The first-order valence-corrected chi connectivity index (χ1v) is 10.5. The molecule has 2 heterocycles. The highest BCUT2D eigenvalue weighted by Gasteiger charge is 2.18. The predicted octanol–water partition coefficient (Wildman–Crippen LogP) is 5.20. The molecular weight excluding hydrogens is 388 g/mol. The molecule has 3 aromatic rings. The number of nitrogens with zero attached hydrogens (tertiary/aromatic N) is 2. The Morgan fingerprint density at radius 1 is 1.07 bits per heavy atom. The number of ether oxygens (including phenoxy) is 1. The molecule has 1 fully saturated rings. The highest BCUT2D eigenvalue weighted by molar-refractivity contribution is 7.22. The van der Waals surface area contributed by atoms with E-state index < -0.39 is 6.09 Å². The van der Waals surface area contributed by atoms with Gasteiger partial charge in [-0.15, -0.1) is 0 Å². The van der Waals surface area contributed by atoms with Crippen LogP contribution in [0.1, 0.15) is 39.0 Å². The average Bonchev–Trinajstić information content (AvgIpc) is 3.09. The molecule has 2 amide bonds. The van der Waals surface area contributed by atoms with E-state index in [1.54, 1.807) is 6.20 Å². The van der Waals surface area contributed by atoms with Crippen molar-refractivity contribution in [2.75, 3.05) is 10.6 Å².